The lowest BCUT2D eigenvalue weighted by atomic mass is 10.2. The Labute approximate surface area is 163 Å². The molecule has 1 aromatic carbocycles. The molecular weight excluding hydrogens is 386 g/mol. The molecule has 4 rings (SSSR count). The summed E-state index contributed by atoms with van der Waals surface area (Å²) in [6.07, 6.45) is -0.225. The van der Waals surface area contributed by atoms with Crippen molar-refractivity contribution in [1.82, 2.24) is 20.2 Å². The number of carbonyl (C=O) groups is 1. The fourth-order valence-electron chi connectivity index (χ4n) is 2.52. The number of nitrogens with zero attached hydrogens (tertiary/aromatic N) is 3. The number of carbonyl (C=O) groups excluding carboxylic acids is 1. The SMILES string of the molecule is Nn1c(SCC(=O)NC[C@@H]2COc3ccccc3O2)nnc1-c1cccs1. The smallest absolute Gasteiger partial charge is 0.230 e. The third kappa shape index (κ3) is 4.01. The number of rotatable bonds is 6. The molecule has 3 heterocycles. The van der Waals surface area contributed by atoms with Gasteiger partial charge in [-0.05, 0) is 23.6 Å². The van der Waals surface area contributed by atoms with E-state index in [2.05, 4.69) is 15.5 Å². The van der Waals surface area contributed by atoms with Crippen molar-refractivity contribution in [3.05, 3.63) is 41.8 Å². The van der Waals surface area contributed by atoms with Gasteiger partial charge in [0.05, 0.1) is 17.2 Å². The number of hydrogen-bond acceptors (Lipinski definition) is 8. The van der Waals surface area contributed by atoms with Gasteiger partial charge < -0.3 is 20.6 Å². The molecule has 27 heavy (non-hydrogen) atoms. The van der Waals surface area contributed by atoms with Crippen LogP contribution in [0.1, 0.15) is 0 Å². The summed E-state index contributed by atoms with van der Waals surface area (Å²) in [5.41, 5.74) is 0. The van der Waals surface area contributed by atoms with Crippen LogP contribution in [0.3, 0.4) is 0 Å². The molecule has 0 unspecified atom stereocenters. The number of ether oxygens (including phenoxy) is 2. The van der Waals surface area contributed by atoms with E-state index >= 15 is 0 Å². The van der Waals surface area contributed by atoms with Crippen molar-refractivity contribution in [2.75, 3.05) is 24.7 Å². The molecule has 1 aliphatic rings. The zero-order chi connectivity index (χ0) is 18.6. The number of para-hydroxylation sites is 2. The van der Waals surface area contributed by atoms with Crippen molar-refractivity contribution in [3.8, 4) is 22.2 Å². The summed E-state index contributed by atoms with van der Waals surface area (Å²) in [5, 5.41) is 13.4. The molecule has 1 amide bonds. The quantitative estimate of drug-likeness (QED) is 0.477. The van der Waals surface area contributed by atoms with Gasteiger partial charge in [0.1, 0.15) is 12.7 Å². The molecule has 0 bridgehead atoms. The Morgan fingerprint density at radius 1 is 1.30 bits per heavy atom. The largest absolute Gasteiger partial charge is 0.486 e. The van der Waals surface area contributed by atoms with Gasteiger partial charge in [0.15, 0.2) is 17.3 Å². The van der Waals surface area contributed by atoms with Crippen molar-refractivity contribution < 1.29 is 14.3 Å². The van der Waals surface area contributed by atoms with Crippen LogP contribution >= 0.6 is 23.1 Å². The maximum atomic E-state index is 12.1. The summed E-state index contributed by atoms with van der Waals surface area (Å²) < 4.78 is 12.9. The molecule has 0 radical (unpaired) electrons. The van der Waals surface area contributed by atoms with Crippen LogP contribution in [0.5, 0.6) is 11.5 Å². The highest BCUT2D eigenvalue weighted by Gasteiger charge is 2.21. The first-order valence-corrected chi connectivity index (χ1v) is 10.1. The van der Waals surface area contributed by atoms with E-state index in [-0.39, 0.29) is 17.8 Å². The van der Waals surface area contributed by atoms with Crippen molar-refractivity contribution >= 4 is 29.0 Å². The van der Waals surface area contributed by atoms with Gasteiger partial charge in [0.2, 0.25) is 11.1 Å². The van der Waals surface area contributed by atoms with Gasteiger partial charge in [-0.1, -0.05) is 30.0 Å². The van der Waals surface area contributed by atoms with E-state index in [1.165, 1.54) is 27.8 Å². The highest BCUT2D eigenvalue weighted by molar-refractivity contribution is 7.99. The zero-order valence-corrected chi connectivity index (χ0v) is 15.8. The van der Waals surface area contributed by atoms with E-state index in [9.17, 15) is 4.79 Å². The highest BCUT2D eigenvalue weighted by Crippen LogP contribution is 2.30. The van der Waals surface area contributed by atoms with Crippen molar-refractivity contribution in [3.63, 3.8) is 0 Å². The Bertz CT molecular complexity index is 929. The van der Waals surface area contributed by atoms with Crippen LogP contribution in [0.4, 0.5) is 0 Å². The number of aromatic nitrogens is 3. The van der Waals surface area contributed by atoms with E-state index in [0.717, 1.165) is 10.6 Å². The van der Waals surface area contributed by atoms with E-state index < -0.39 is 0 Å². The number of hydrogen-bond donors (Lipinski definition) is 2. The van der Waals surface area contributed by atoms with Gasteiger partial charge in [-0.15, -0.1) is 21.5 Å². The number of amides is 1. The monoisotopic (exact) mass is 403 g/mol. The Morgan fingerprint density at radius 2 is 2.15 bits per heavy atom. The van der Waals surface area contributed by atoms with Gasteiger partial charge in [-0.3, -0.25) is 4.79 Å². The van der Waals surface area contributed by atoms with E-state index in [0.29, 0.717) is 29.9 Å². The Hall–Kier alpha value is -2.72. The molecule has 0 saturated heterocycles. The molecule has 2 aromatic heterocycles. The lowest BCUT2D eigenvalue weighted by Crippen LogP contribution is -2.41. The number of nitrogens with two attached hydrogens (primary N) is 1. The topological polar surface area (TPSA) is 104 Å². The Balaban J connectivity index is 1.26. The molecule has 3 N–H and O–H groups in total. The first kappa shape index (κ1) is 17.7. The second kappa shape index (κ2) is 7.89. The summed E-state index contributed by atoms with van der Waals surface area (Å²) in [5.74, 6) is 8.07. The summed E-state index contributed by atoms with van der Waals surface area (Å²) in [4.78, 5) is 13.1. The fourth-order valence-corrected chi connectivity index (χ4v) is 3.91. The summed E-state index contributed by atoms with van der Waals surface area (Å²) in [6.45, 7) is 0.759. The molecule has 0 saturated carbocycles. The van der Waals surface area contributed by atoms with Crippen molar-refractivity contribution in [2.24, 2.45) is 0 Å². The van der Waals surface area contributed by atoms with Crippen LogP contribution < -0.4 is 20.6 Å². The third-order valence-corrected chi connectivity index (χ3v) is 5.64. The first-order valence-electron chi connectivity index (χ1n) is 8.23. The molecular formula is C17H17N5O3S2. The van der Waals surface area contributed by atoms with E-state index in [1.807, 2.05) is 41.8 Å². The first-order chi connectivity index (χ1) is 13.2. The number of thioether (sulfide) groups is 1. The normalized spacial score (nSPS) is 15.5. The minimum Gasteiger partial charge on any atom is -0.486 e. The van der Waals surface area contributed by atoms with Crippen LogP contribution in [-0.4, -0.2) is 45.8 Å². The number of nitrogen functional groups attached to an aromatic ring is 1. The Morgan fingerprint density at radius 3 is 2.96 bits per heavy atom. The second-order valence-electron chi connectivity index (χ2n) is 5.74. The summed E-state index contributed by atoms with van der Waals surface area (Å²) in [7, 11) is 0. The average molecular weight is 403 g/mol. The lowest BCUT2D eigenvalue weighted by molar-refractivity contribution is -0.119. The van der Waals surface area contributed by atoms with Crippen LogP contribution in [0.25, 0.3) is 10.7 Å². The summed E-state index contributed by atoms with van der Waals surface area (Å²) in [6, 6.07) is 11.3. The van der Waals surface area contributed by atoms with Crippen molar-refractivity contribution in [2.45, 2.75) is 11.3 Å². The van der Waals surface area contributed by atoms with Gasteiger partial charge in [-0.2, -0.15) is 0 Å². The molecule has 0 spiro atoms. The van der Waals surface area contributed by atoms with Gasteiger partial charge >= 0.3 is 0 Å². The number of benzene rings is 1. The minimum atomic E-state index is -0.225. The van der Waals surface area contributed by atoms with Gasteiger partial charge in [-0.25, -0.2) is 4.68 Å². The maximum Gasteiger partial charge on any atom is 0.230 e. The maximum absolute atomic E-state index is 12.1. The average Bonchev–Trinajstić information content (AvgIpc) is 3.34. The predicted molar refractivity (Wildman–Crippen MR) is 104 cm³/mol. The van der Waals surface area contributed by atoms with Crippen LogP contribution in [0.2, 0.25) is 0 Å². The molecule has 10 heteroatoms. The standard InChI is InChI=1S/C17H17N5O3S2/c18-22-16(14-6-3-7-26-14)20-21-17(22)27-10-15(23)19-8-11-9-24-12-4-1-2-5-13(12)25-11/h1-7,11H,8-10,18H2,(H,19,23)/t11-/m1/s1. The molecule has 3 aromatic rings. The van der Waals surface area contributed by atoms with E-state index in [1.54, 1.807) is 0 Å². The lowest BCUT2D eigenvalue weighted by Gasteiger charge is -2.26. The Kier molecular flexibility index (Phi) is 5.16. The van der Waals surface area contributed by atoms with Crippen molar-refractivity contribution in [1.29, 1.82) is 0 Å². The molecule has 1 aliphatic heterocycles. The predicted octanol–water partition coefficient (Wildman–Crippen LogP) is 1.77. The van der Waals surface area contributed by atoms with Crippen LogP contribution in [0.15, 0.2) is 46.9 Å². The third-order valence-electron chi connectivity index (χ3n) is 3.83. The minimum absolute atomic E-state index is 0.136. The van der Waals surface area contributed by atoms with Gasteiger partial charge in [0.25, 0.3) is 0 Å². The summed E-state index contributed by atoms with van der Waals surface area (Å²) >= 11 is 2.76. The number of thiophene rings is 1. The molecule has 0 aliphatic carbocycles. The molecule has 8 nitrogen and oxygen atoms in total. The second-order valence-corrected chi connectivity index (χ2v) is 7.63. The number of fused-ring (bicyclic) bond motifs is 1. The molecule has 0 fully saturated rings. The van der Waals surface area contributed by atoms with E-state index in [4.69, 9.17) is 15.3 Å². The van der Waals surface area contributed by atoms with Crippen LogP contribution in [-0.2, 0) is 4.79 Å². The highest BCUT2D eigenvalue weighted by atomic mass is 32.2. The fraction of sp³-hybridized carbons (Fsp3) is 0.235. The number of nitrogens with one attached hydrogen (secondary N) is 1. The van der Waals surface area contributed by atoms with Gasteiger partial charge in [0, 0.05) is 0 Å². The molecule has 1 atom stereocenters. The molecule has 140 valence electrons. The van der Waals surface area contributed by atoms with Crippen LogP contribution in [0, 0.1) is 0 Å². The zero-order valence-electron chi connectivity index (χ0n) is 14.2.